The second-order valence-electron chi connectivity index (χ2n) is 14.5. The minimum absolute atomic E-state index is 0.0335. The van der Waals surface area contributed by atoms with E-state index in [4.69, 9.17) is 4.74 Å². The highest BCUT2D eigenvalue weighted by molar-refractivity contribution is 5.74. The van der Waals surface area contributed by atoms with Crippen LogP contribution in [0.2, 0.25) is 0 Å². The van der Waals surface area contributed by atoms with Crippen LogP contribution >= 0.6 is 0 Å². The average Bonchev–Trinajstić information content (AvgIpc) is 3.02. The van der Waals surface area contributed by atoms with E-state index in [1.54, 1.807) is 25.0 Å². The molecule has 0 bridgehead atoms. The number of ether oxygens (including phenoxy) is 1. The van der Waals surface area contributed by atoms with Crippen LogP contribution in [-0.4, -0.2) is 34.0 Å². The van der Waals surface area contributed by atoms with Gasteiger partial charge in [0.25, 0.3) is 0 Å². The van der Waals surface area contributed by atoms with Gasteiger partial charge in [-0.3, -0.25) is 4.79 Å². The Morgan fingerprint density at radius 1 is 0.882 bits per heavy atom. The third kappa shape index (κ3) is 3.19. The lowest BCUT2D eigenvalue weighted by molar-refractivity contribution is -0.181. The molecule has 1 aliphatic heterocycles. The van der Waals surface area contributed by atoms with Crippen LogP contribution in [0.4, 0.5) is 0 Å². The fraction of sp³-hybridized carbons (Fsp3) is 0.900. The van der Waals surface area contributed by atoms with Crippen molar-refractivity contribution in [1.82, 2.24) is 0 Å². The fourth-order valence-corrected chi connectivity index (χ4v) is 9.96. The molecule has 4 heteroatoms. The lowest BCUT2D eigenvalue weighted by atomic mass is 9.43. The summed E-state index contributed by atoms with van der Waals surface area (Å²) in [6, 6.07) is 0. The largest absolute Gasteiger partial charge is 0.459 e. The van der Waals surface area contributed by atoms with Crippen molar-refractivity contribution in [2.45, 2.75) is 130 Å². The van der Waals surface area contributed by atoms with Gasteiger partial charge in [-0.2, -0.15) is 0 Å². The molecule has 2 N–H and O–H groups in total. The molecule has 0 radical (unpaired) electrons. The minimum Gasteiger partial charge on any atom is -0.459 e. The molecule has 8 atom stereocenters. The number of hydrogen-bond acceptors (Lipinski definition) is 4. The van der Waals surface area contributed by atoms with Crippen molar-refractivity contribution in [1.29, 1.82) is 0 Å². The van der Waals surface area contributed by atoms with Gasteiger partial charge < -0.3 is 14.9 Å². The van der Waals surface area contributed by atoms with Crippen molar-refractivity contribution in [2.24, 2.45) is 39.4 Å². The standard InChI is InChI=1S/C30H48O4/c1-26(2)22-10-9-21-20(28(22,5)15-14-23(26)31)13-17-29(6)19(12-16-30(21,29)7)18-8-11-24(27(3,4)33)34-25(18)32/h18-19,22-24,31,33H,8-17H2,1-7H3/t18-,19-,22+,23+,24+,28-,29-,30+/m1/s1. The molecule has 3 fully saturated rings. The van der Waals surface area contributed by atoms with Gasteiger partial charge in [0.05, 0.1) is 17.6 Å². The lowest BCUT2D eigenvalue weighted by Crippen LogP contribution is -2.55. The summed E-state index contributed by atoms with van der Waals surface area (Å²) < 4.78 is 5.84. The van der Waals surface area contributed by atoms with Crippen LogP contribution in [0, 0.1) is 39.4 Å². The van der Waals surface area contributed by atoms with Gasteiger partial charge in [-0.15, -0.1) is 0 Å². The maximum atomic E-state index is 13.2. The number of carbonyl (C=O) groups excluding carboxylic acids is 1. The number of carbonyl (C=O) groups is 1. The van der Waals surface area contributed by atoms with E-state index < -0.39 is 11.7 Å². The molecule has 0 aromatic carbocycles. The topological polar surface area (TPSA) is 66.8 Å². The maximum absolute atomic E-state index is 13.2. The Bertz CT molecular complexity index is 896. The third-order valence-electron chi connectivity index (χ3n) is 12.4. The average molecular weight is 473 g/mol. The Balaban J connectivity index is 1.46. The van der Waals surface area contributed by atoms with Crippen LogP contribution in [0.5, 0.6) is 0 Å². The van der Waals surface area contributed by atoms with Crippen molar-refractivity contribution in [3.8, 4) is 0 Å². The zero-order valence-corrected chi connectivity index (χ0v) is 22.7. The summed E-state index contributed by atoms with van der Waals surface area (Å²) in [6.07, 6.45) is 9.90. The van der Waals surface area contributed by atoms with Gasteiger partial charge in [-0.25, -0.2) is 0 Å². The molecule has 5 aliphatic rings. The summed E-state index contributed by atoms with van der Waals surface area (Å²) in [7, 11) is 0. The first kappa shape index (κ1) is 24.8. The van der Waals surface area contributed by atoms with Crippen molar-refractivity contribution >= 4 is 5.97 Å². The number of hydrogen-bond donors (Lipinski definition) is 2. The van der Waals surface area contributed by atoms with E-state index in [9.17, 15) is 15.0 Å². The molecule has 1 heterocycles. The minimum atomic E-state index is -0.977. The Kier molecular flexibility index (Phi) is 5.52. The second-order valence-corrected chi connectivity index (χ2v) is 14.5. The molecular formula is C30H48O4. The van der Waals surface area contributed by atoms with E-state index in [0.717, 1.165) is 51.4 Å². The normalized spacial score (nSPS) is 48.6. The van der Waals surface area contributed by atoms with Gasteiger partial charge in [-0.05, 0) is 112 Å². The Morgan fingerprint density at radius 2 is 1.59 bits per heavy atom. The Hall–Kier alpha value is -0.870. The van der Waals surface area contributed by atoms with Crippen LogP contribution in [-0.2, 0) is 9.53 Å². The number of rotatable bonds is 2. The van der Waals surface area contributed by atoms with E-state index in [1.165, 1.54) is 12.8 Å². The molecule has 0 aromatic rings. The number of fused-ring (bicyclic) bond motifs is 4. The molecule has 0 spiro atoms. The Labute approximate surface area is 206 Å². The highest BCUT2D eigenvalue weighted by atomic mass is 16.6. The molecule has 34 heavy (non-hydrogen) atoms. The van der Waals surface area contributed by atoms with Crippen LogP contribution < -0.4 is 0 Å². The molecule has 192 valence electrons. The summed E-state index contributed by atoms with van der Waals surface area (Å²) >= 11 is 0. The van der Waals surface area contributed by atoms with Crippen molar-refractivity contribution in [3.63, 3.8) is 0 Å². The first-order chi connectivity index (χ1) is 15.7. The van der Waals surface area contributed by atoms with Gasteiger partial charge in [0.15, 0.2) is 0 Å². The summed E-state index contributed by atoms with van der Waals surface area (Å²) in [5, 5.41) is 21.2. The van der Waals surface area contributed by atoms with Crippen LogP contribution in [0.1, 0.15) is 113 Å². The van der Waals surface area contributed by atoms with E-state index in [1.807, 2.05) is 0 Å². The molecule has 2 saturated carbocycles. The molecule has 0 aromatic heterocycles. The predicted molar refractivity (Wildman–Crippen MR) is 134 cm³/mol. The van der Waals surface area contributed by atoms with Crippen molar-refractivity contribution in [2.75, 3.05) is 0 Å². The van der Waals surface area contributed by atoms with E-state index in [0.29, 0.717) is 11.8 Å². The summed E-state index contributed by atoms with van der Waals surface area (Å²) in [5.41, 5.74) is 2.88. The monoisotopic (exact) mass is 472 g/mol. The first-order valence-electron chi connectivity index (χ1n) is 14.0. The maximum Gasteiger partial charge on any atom is 0.309 e. The number of esters is 1. The van der Waals surface area contributed by atoms with Crippen molar-refractivity contribution < 1.29 is 19.7 Å². The van der Waals surface area contributed by atoms with Gasteiger partial charge >= 0.3 is 5.97 Å². The van der Waals surface area contributed by atoms with Gasteiger partial charge in [0.1, 0.15) is 6.10 Å². The number of allylic oxidation sites excluding steroid dienone is 2. The number of cyclic esters (lactones) is 1. The van der Waals surface area contributed by atoms with Crippen LogP contribution in [0.15, 0.2) is 11.1 Å². The summed E-state index contributed by atoms with van der Waals surface area (Å²) in [6.45, 7) is 15.6. The van der Waals surface area contributed by atoms with Crippen LogP contribution in [0.3, 0.4) is 0 Å². The van der Waals surface area contributed by atoms with Gasteiger partial charge in [-0.1, -0.05) is 45.8 Å². The molecule has 4 nitrogen and oxygen atoms in total. The van der Waals surface area contributed by atoms with E-state index >= 15 is 0 Å². The molecule has 4 aliphatic carbocycles. The smallest absolute Gasteiger partial charge is 0.309 e. The van der Waals surface area contributed by atoms with Gasteiger partial charge in [0, 0.05) is 0 Å². The highest BCUT2D eigenvalue weighted by Gasteiger charge is 2.64. The highest BCUT2D eigenvalue weighted by Crippen LogP contribution is 2.72. The summed E-state index contributed by atoms with van der Waals surface area (Å²) in [5.74, 6) is 0.785. The third-order valence-corrected chi connectivity index (χ3v) is 12.4. The zero-order chi connectivity index (χ0) is 24.9. The predicted octanol–water partition coefficient (Wildman–Crippen LogP) is 6.19. The SMILES string of the molecule is CC(C)(O)[C@@H]1CC[C@H]([C@H]2CC[C@@]3(C)C4=C(CC[C@]23C)[C@@]2(C)CC[C@H](O)C(C)(C)[C@@H]2CC4)C(=O)O1. The quantitative estimate of drug-likeness (QED) is 0.371. The fourth-order valence-electron chi connectivity index (χ4n) is 9.96. The van der Waals surface area contributed by atoms with E-state index in [-0.39, 0.29) is 39.7 Å². The molecule has 0 amide bonds. The number of aliphatic hydroxyl groups excluding tert-OH is 1. The van der Waals surface area contributed by atoms with E-state index in [2.05, 4.69) is 34.6 Å². The number of aliphatic hydroxyl groups is 2. The van der Waals surface area contributed by atoms with Crippen LogP contribution in [0.25, 0.3) is 0 Å². The van der Waals surface area contributed by atoms with Crippen molar-refractivity contribution in [3.05, 3.63) is 11.1 Å². The first-order valence-corrected chi connectivity index (χ1v) is 14.0. The molecule has 0 unspecified atom stereocenters. The lowest BCUT2D eigenvalue weighted by Gasteiger charge is -2.62. The summed E-state index contributed by atoms with van der Waals surface area (Å²) in [4.78, 5) is 13.2. The molecule has 5 rings (SSSR count). The molecular weight excluding hydrogens is 424 g/mol. The second kappa shape index (κ2) is 7.57. The Morgan fingerprint density at radius 3 is 2.24 bits per heavy atom. The molecule has 1 saturated heterocycles. The van der Waals surface area contributed by atoms with Gasteiger partial charge in [0.2, 0.25) is 0 Å². The zero-order valence-electron chi connectivity index (χ0n) is 22.7.